The molecule has 1 atom stereocenters. The molecule has 1 saturated heterocycles. The first kappa shape index (κ1) is 20.0. The minimum Gasteiger partial charge on any atom is -0.337 e. The zero-order valence-corrected chi connectivity index (χ0v) is 17.1. The Kier molecular flexibility index (Phi) is 5.72. The maximum absolute atomic E-state index is 12.6. The minimum atomic E-state index is -0.278. The monoisotopic (exact) mass is 421 g/mol. The Morgan fingerprint density at radius 2 is 1.93 bits per heavy atom. The molecule has 0 saturated carbocycles. The molecule has 152 valence electrons. The fraction of sp³-hybridized carbons (Fsp3) is 0.227. The third-order valence-electron chi connectivity index (χ3n) is 5.07. The first-order chi connectivity index (χ1) is 14.5. The van der Waals surface area contributed by atoms with Crippen LogP contribution in [-0.4, -0.2) is 44.8 Å². The van der Waals surface area contributed by atoms with Crippen LogP contribution in [0.1, 0.15) is 44.7 Å². The highest BCUT2D eigenvalue weighted by Gasteiger charge is 2.30. The second-order valence-electron chi connectivity index (χ2n) is 7.14. The number of carbonyl (C=O) groups is 2. The van der Waals surface area contributed by atoms with E-state index >= 15 is 0 Å². The summed E-state index contributed by atoms with van der Waals surface area (Å²) in [7, 11) is 0. The summed E-state index contributed by atoms with van der Waals surface area (Å²) in [5, 5.41) is 3.42. The molecule has 0 radical (unpaired) electrons. The number of carbonyl (C=O) groups excluding carboxylic acids is 2. The first-order valence-electron chi connectivity index (χ1n) is 9.62. The van der Waals surface area contributed by atoms with Gasteiger partial charge in [-0.15, -0.1) is 0 Å². The molecule has 0 aliphatic carbocycles. The zero-order valence-electron chi connectivity index (χ0n) is 16.4. The molecule has 0 unspecified atom stereocenters. The number of anilines is 1. The van der Waals surface area contributed by atoms with E-state index in [0.29, 0.717) is 46.6 Å². The van der Waals surface area contributed by atoms with Crippen molar-refractivity contribution in [1.29, 1.82) is 0 Å². The fourth-order valence-corrected chi connectivity index (χ4v) is 3.57. The molecule has 4 rings (SSSR count). The summed E-state index contributed by atoms with van der Waals surface area (Å²) in [5.41, 5.74) is 2.09. The van der Waals surface area contributed by atoms with E-state index in [1.165, 1.54) is 0 Å². The van der Waals surface area contributed by atoms with Crippen LogP contribution in [0.2, 0.25) is 5.02 Å². The lowest BCUT2D eigenvalue weighted by atomic mass is 10.1. The summed E-state index contributed by atoms with van der Waals surface area (Å²) in [6.07, 6.45) is 3.93. The highest BCUT2D eigenvalue weighted by molar-refractivity contribution is 6.30. The normalized spacial score (nSPS) is 15.8. The van der Waals surface area contributed by atoms with Crippen LogP contribution in [0.5, 0.6) is 0 Å². The van der Waals surface area contributed by atoms with E-state index in [4.69, 9.17) is 11.6 Å². The van der Waals surface area contributed by atoms with Crippen LogP contribution in [0.3, 0.4) is 0 Å². The molecule has 3 aromatic rings. The second kappa shape index (κ2) is 8.59. The predicted molar refractivity (Wildman–Crippen MR) is 114 cm³/mol. The van der Waals surface area contributed by atoms with Gasteiger partial charge in [0.25, 0.3) is 11.8 Å². The molecule has 1 aromatic carbocycles. The number of aryl methyl sites for hydroxylation is 1. The number of pyridine rings is 1. The number of amides is 2. The van der Waals surface area contributed by atoms with Crippen molar-refractivity contribution < 1.29 is 9.59 Å². The van der Waals surface area contributed by atoms with Crippen molar-refractivity contribution in [2.45, 2.75) is 19.3 Å². The first-order valence-corrected chi connectivity index (χ1v) is 10.00. The summed E-state index contributed by atoms with van der Waals surface area (Å²) < 4.78 is 0. The van der Waals surface area contributed by atoms with Crippen molar-refractivity contribution in [1.82, 2.24) is 19.9 Å². The third-order valence-corrected chi connectivity index (χ3v) is 5.32. The van der Waals surface area contributed by atoms with Gasteiger partial charge in [0.15, 0.2) is 0 Å². The molecular formula is C22H20ClN5O2. The molecule has 2 aromatic heterocycles. The summed E-state index contributed by atoms with van der Waals surface area (Å²) in [6.45, 7) is 2.94. The third kappa shape index (κ3) is 4.31. The standard InChI is InChI=1S/C22H20ClN5O2/c1-14-18(21(29)27-17-7-5-16(23)6-8-17)12-25-20(26-14)15-9-11-28(13-15)22(30)19-4-2-3-10-24-19/h2-8,10,12,15H,9,11,13H2,1H3,(H,27,29)/t15-/m1/s1. The van der Waals surface area contributed by atoms with Gasteiger partial charge < -0.3 is 10.2 Å². The van der Waals surface area contributed by atoms with Gasteiger partial charge >= 0.3 is 0 Å². The highest BCUT2D eigenvalue weighted by Crippen LogP contribution is 2.26. The summed E-state index contributed by atoms with van der Waals surface area (Å²) in [4.78, 5) is 40.0. The van der Waals surface area contributed by atoms with Crippen molar-refractivity contribution in [3.63, 3.8) is 0 Å². The number of benzene rings is 1. The van der Waals surface area contributed by atoms with E-state index < -0.39 is 0 Å². The number of aromatic nitrogens is 3. The molecule has 1 N–H and O–H groups in total. The Morgan fingerprint density at radius 3 is 2.63 bits per heavy atom. The van der Waals surface area contributed by atoms with Gasteiger partial charge in [-0.1, -0.05) is 17.7 Å². The molecule has 1 fully saturated rings. The van der Waals surface area contributed by atoms with Gasteiger partial charge in [0.05, 0.1) is 11.3 Å². The number of rotatable bonds is 4. The maximum atomic E-state index is 12.6. The zero-order chi connectivity index (χ0) is 21.1. The van der Waals surface area contributed by atoms with Crippen molar-refractivity contribution in [3.05, 3.63) is 82.7 Å². The largest absolute Gasteiger partial charge is 0.337 e. The van der Waals surface area contributed by atoms with Gasteiger partial charge in [-0.05, 0) is 49.7 Å². The van der Waals surface area contributed by atoms with E-state index in [0.717, 1.165) is 6.42 Å². The van der Waals surface area contributed by atoms with Gasteiger partial charge in [0.2, 0.25) is 0 Å². The van der Waals surface area contributed by atoms with E-state index in [1.807, 2.05) is 0 Å². The Balaban J connectivity index is 1.44. The van der Waals surface area contributed by atoms with Gasteiger partial charge in [-0.3, -0.25) is 14.6 Å². The Morgan fingerprint density at radius 1 is 1.13 bits per heavy atom. The van der Waals surface area contributed by atoms with Crippen molar-refractivity contribution >= 4 is 29.1 Å². The number of hydrogen-bond acceptors (Lipinski definition) is 5. The lowest BCUT2D eigenvalue weighted by Gasteiger charge is -2.16. The molecule has 1 aliphatic heterocycles. The average molecular weight is 422 g/mol. The molecule has 7 nitrogen and oxygen atoms in total. The number of hydrogen-bond donors (Lipinski definition) is 1. The van der Waals surface area contributed by atoms with E-state index in [1.54, 1.807) is 66.7 Å². The topological polar surface area (TPSA) is 88.1 Å². The lowest BCUT2D eigenvalue weighted by Crippen LogP contribution is -2.29. The molecule has 3 heterocycles. The van der Waals surface area contributed by atoms with Gasteiger partial charge in [0, 0.05) is 42.1 Å². The van der Waals surface area contributed by atoms with Gasteiger partial charge in [-0.2, -0.15) is 0 Å². The molecule has 8 heteroatoms. The van der Waals surface area contributed by atoms with Crippen LogP contribution in [0.4, 0.5) is 5.69 Å². The predicted octanol–water partition coefficient (Wildman–Crippen LogP) is 3.72. The highest BCUT2D eigenvalue weighted by atomic mass is 35.5. The van der Waals surface area contributed by atoms with E-state index in [9.17, 15) is 9.59 Å². The van der Waals surface area contributed by atoms with Crippen molar-refractivity contribution in [2.75, 3.05) is 18.4 Å². The Labute approximate surface area is 179 Å². The molecule has 0 spiro atoms. The number of halogens is 1. The Bertz CT molecular complexity index is 1070. The molecule has 0 bridgehead atoms. The van der Waals surface area contributed by atoms with Crippen LogP contribution in [0.25, 0.3) is 0 Å². The smallest absolute Gasteiger partial charge is 0.272 e. The van der Waals surface area contributed by atoms with Crippen LogP contribution in [-0.2, 0) is 0 Å². The number of nitrogens with one attached hydrogen (secondary N) is 1. The second-order valence-corrected chi connectivity index (χ2v) is 7.58. The molecule has 1 aliphatic rings. The van der Waals surface area contributed by atoms with E-state index in [-0.39, 0.29) is 17.7 Å². The maximum Gasteiger partial charge on any atom is 0.272 e. The summed E-state index contributed by atoms with van der Waals surface area (Å²) >= 11 is 5.87. The minimum absolute atomic E-state index is 0.0322. The van der Waals surface area contributed by atoms with Crippen molar-refractivity contribution in [2.24, 2.45) is 0 Å². The summed E-state index contributed by atoms with van der Waals surface area (Å²) in [6, 6.07) is 12.2. The molecular weight excluding hydrogens is 402 g/mol. The molecule has 2 amide bonds. The summed E-state index contributed by atoms with van der Waals surface area (Å²) in [5.74, 6) is 0.310. The number of likely N-dealkylation sites (tertiary alicyclic amines) is 1. The Hall–Kier alpha value is -3.32. The van der Waals surface area contributed by atoms with Crippen molar-refractivity contribution in [3.8, 4) is 0 Å². The van der Waals surface area contributed by atoms with Crippen LogP contribution in [0.15, 0.2) is 54.9 Å². The van der Waals surface area contributed by atoms with Crippen LogP contribution >= 0.6 is 11.6 Å². The SMILES string of the molecule is Cc1nc([C@@H]2CCN(C(=O)c3ccccn3)C2)ncc1C(=O)Nc1ccc(Cl)cc1. The fourth-order valence-electron chi connectivity index (χ4n) is 3.44. The molecule has 30 heavy (non-hydrogen) atoms. The lowest BCUT2D eigenvalue weighted by molar-refractivity contribution is 0.0784. The number of nitrogens with zero attached hydrogens (tertiary/aromatic N) is 4. The van der Waals surface area contributed by atoms with Crippen LogP contribution in [0, 0.1) is 6.92 Å². The van der Waals surface area contributed by atoms with Gasteiger partial charge in [-0.25, -0.2) is 9.97 Å². The van der Waals surface area contributed by atoms with Crippen LogP contribution < -0.4 is 5.32 Å². The average Bonchev–Trinajstić information content (AvgIpc) is 3.25. The quantitative estimate of drug-likeness (QED) is 0.693. The van der Waals surface area contributed by atoms with E-state index in [2.05, 4.69) is 20.3 Å². The van der Waals surface area contributed by atoms with Gasteiger partial charge in [0.1, 0.15) is 11.5 Å².